The number of nitrogens with zero attached hydrogens (tertiary/aromatic N) is 3. The fourth-order valence-corrected chi connectivity index (χ4v) is 3.74. The van der Waals surface area contributed by atoms with Gasteiger partial charge in [-0.2, -0.15) is 5.26 Å². The Morgan fingerprint density at radius 3 is 2.41 bits per heavy atom. The van der Waals surface area contributed by atoms with Crippen LogP contribution in [0.1, 0.15) is 34.3 Å². The number of hydrogen-bond acceptors (Lipinski definition) is 3. The molecule has 2 aliphatic rings. The number of alkyl halides is 2. The van der Waals surface area contributed by atoms with Gasteiger partial charge in [0.25, 0.3) is 11.8 Å². The Hall–Kier alpha value is -2.94. The maximum atomic E-state index is 13.3. The molecule has 4 rings (SSSR count). The van der Waals surface area contributed by atoms with Crippen molar-refractivity contribution in [3.8, 4) is 6.07 Å². The summed E-state index contributed by atoms with van der Waals surface area (Å²) in [5.41, 5.74) is 4.36. The highest BCUT2D eigenvalue weighted by molar-refractivity contribution is 5.94. The maximum absolute atomic E-state index is 13.3. The van der Waals surface area contributed by atoms with Gasteiger partial charge in [-0.1, -0.05) is 0 Å². The molecule has 2 heterocycles. The molecular weight excluding hydrogens is 348 g/mol. The van der Waals surface area contributed by atoms with Gasteiger partial charge in [-0.25, -0.2) is 8.78 Å². The van der Waals surface area contributed by atoms with E-state index in [1.54, 1.807) is 18.2 Å². The number of halogens is 2. The van der Waals surface area contributed by atoms with Gasteiger partial charge in [-0.05, 0) is 54.4 Å². The van der Waals surface area contributed by atoms with Crippen LogP contribution in [0.3, 0.4) is 0 Å². The van der Waals surface area contributed by atoms with Crippen molar-refractivity contribution in [1.82, 2.24) is 4.90 Å². The molecule has 0 bridgehead atoms. The van der Waals surface area contributed by atoms with Crippen molar-refractivity contribution in [1.29, 1.82) is 5.26 Å². The molecule has 6 heteroatoms. The van der Waals surface area contributed by atoms with Gasteiger partial charge in [0, 0.05) is 49.4 Å². The van der Waals surface area contributed by atoms with Crippen molar-refractivity contribution in [2.45, 2.75) is 25.2 Å². The Labute approximate surface area is 156 Å². The average Bonchev–Trinajstić information content (AvgIpc) is 3.10. The minimum atomic E-state index is -2.66. The molecule has 0 saturated carbocycles. The smallest absolute Gasteiger partial charge is 0.253 e. The molecule has 0 atom stereocenters. The second-order valence-electron chi connectivity index (χ2n) is 7.05. The van der Waals surface area contributed by atoms with E-state index in [-0.39, 0.29) is 31.8 Å². The van der Waals surface area contributed by atoms with Gasteiger partial charge in [-0.15, -0.1) is 0 Å². The van der Waals surface area contributed by atoms with E-state index in [1.807, 2.05) is 24.3 Å². The number of likely N-dealkylation sites (tertiary alicyclic amines) is 1. The lowest BCUT2D eigenvalue weighted by atomic mass is 10.1. The Balaban J connectivity index is 1.49. The molecule has 0 aromatic heterocycles. The topological polar surface area (TPSA) is 47.3 Å². The van der Waals surface area contributed by atoms with Crippen molar-refractivity contribution in [3.05, 3.63) is 59.2 Å². The third-order valence-corrected chi connectivity index (χ3v) is 5.31. The summed E-state index contributed by atoms with van der Waals surface area (Å²) in [5.74, 6) is -2.85. The highest BCUT2D eigenvalue weighted by Gasteiger charge is 2.35. The van der Waals surface area contributed by atoms with Crippen LogP contribution in [0.4, 0.5) is 20.2 Å². The molecule has 1 amide bonds. The quantitative estimate of drug-likeness (QED) is 0.802. The van der Waals surface area contributed by atoms with Crippen LogP contribution in [0, 0.1) is 11.3 Å². The molecule has 4 nitrogen and oxygen atoms in total. The summed E-state index contributed by atoms with van der Waals surface area (Å²) in [5, 5.41) is 9.03. The Bertz CT molecular complexity index is 908. The minimum absolute atomic E-state index is 0.0916. The SMILES string of the molecule is N#Cc1ccc2c(c1)CCN2c1ccc(C(=O)N2CCC(F)(F)CC2)cc1. The Morgan fingerprint density at radius 2 is 1.74 bits per heavy atom. The number of fused-ring (bicyclic) bond motifs is 1. The molecule has 27 heavy (non-hydrogen) atoms. The number of amides is 1. The number of carbonyl (C=O) groups is 1. The van der Waals surface area contributed by atoms with Crippen molar-refractivity contribution < 1.29 is 13.6 Å². The number of piperidine rings is 1. The van der Waals surface area contributed by atoms with Crippen LogP contribution in [0.5, 0.6) is 0 Å². The van der Waals surface area contributed by atoms with Gasteiger partial charge in [0.2, 0.25) is 0 Å². The summed E-state index contributed by atoms with van der Waals surface area (Å²) in [6.07, 6.45) is 0.325. The summed E-state index contributed by atoms with van der Waals surface area (Å²) in [7, 11) is 0. The molecule has 0 spiro atoms. The van der Waals surface area contributed by atoms with Gasteiger partial charge in [-0.3, -0.25) is 4.79 Å². The average molecular weight is 367 g/mol. The first-order valence-electron chi connectivity index (χ1n) is 9.05. The number of carbonyl (C=O) groups excluding carboxylic acids is 1. The maximum Gasteiger partial charge on any atom is 0.253 e. The van der Waals surface area contributed by atoms with Gasteiger partial charge < -0.3 is 9.80 Å². The van der Waals surface area contributed by atoms with E-state index in [0.717, 1.165) is 29.9 Å². The van der Waals surface area contributed by atoms with Crippen LogP contribution >= 0.6 is 0 Å². The number of hydrogen-bond donors (Lipinski definition) is 0. The predicted octanol–water partition coefficient (Wildman–Crippen LogP) is 4.12. The first-order chi connectivity index (χ1) is 13.0. The number of benzene rings is 2. The van der Waals surface area contributed by atoms with E-state index in [0.29, 0.717) is 11.1 Å². The summed E-state index contributed by atoms with van der Waals surface area (Å²) >= 11 is 0. The molecule has 0 N–H and O–H groups in total. The fourth-order valence-electron chi connectivity index (χ4n) is 3.74. The lowest BCUT2D eigenvalue weighted by Gasteiger charge is -2.31. The number of nitriles is 1. The van der Waals surface area contributed by atoms with Crippen molar-refractivity contribution in [2.24, 2.45) is 0 Å². The Morgan fingerprint density at radius 1 is 1.04 bits per heavy atom. The molecule has 2 aliphatic heterocycles. The number of rotatable bonds is 2. The van der Waals surface area contributed by atoms with Crippen molar-refractivity contribution in [2.75, 3.05) is 24.5 Å². The molecule has 2 aromatic rings. The summed E-state index contributed by atoms with van der Waals surface area (Å²) in [6, 6.07) is 15.1. The van der Waals surface area contributed by atoms with Crippen molar-refractivity contribution in [3.63, 3.8) is 0 Å². The van der Waals surface area contributed by atoms with Gasteiger partial charge >= 0.3 is 0 Å². The van der Waals surface area contributed by atoms with Crippen molar-refractivity contribution >= 4 is 17.3 Å². The Kier molecular flexibility index (Phi) is 4.31. The second kappa shape index (κ2) is 6.66. The molecule has 0 unspecified atom stereocenters. The van der Waals surface area contributed by atoms with Gasteiger partial charge in [0.1, 0.15) is 0 Å². The standard InChI is InChI=1S/C21H19F2N3O/c22-21(23)8-11-25(12-9-21)20(27)16-2-4-18(5-3-16)26-10-7-17-13-15(14-24)1-6-19(17)26/h1-6,13H,7-12H2. The normalized spacial score (nSPS) is 18.1. The summed E-state index contributed by atoms with van der Waals surface area (Å²) < 4.78 is 26.6. The van der Waals surface area contributed by atoms with E-state index >= 15 is 0 Å². The molecule has 2 aromatic carbocycles. The van der Waals surface area contributed by atoms with Crippen LogP contribution in [0.2, 0.25) is 0 Å². The first kappa shape index (κ1) is 17.5. The largest absolute Gasteiger partial charge is 0.341 e. The van der Waals surface area contributed by atoms with Crippen LogP contribution in [0.25, 0.3) is 0 Å². The fraction of sp³-hybridized carbons (Fsp3) is 0.333. The van der Waals surface area contributed by atoms with Crippen LogP contribution in [-0.4, -0.2) is 36.4 Å². The van der Waals surface area contributed by atoms with E-state index in [2.05, 4.69) is 11.0 Å². The van der Waals surface area contributed by atoms with Crippen LogP contribution in [-0.2, 0) is 6.42 Å². The molecular formula is C21H19F2N3O. The number of anilines is 2. The zero-order valence-electron chi connectivity index (χ0n) is 14.8. The van der Waals surface area contributed by atoms with E-state index in [1.165, 1.54) is 4.90 Å². The summed E-state index contributed by atoms with van der Waals surface area (Å²) in [6.45, 7) is 1.00. The highest BCUT2D eigenvalue weighted by Crippen LogP contribution is 2.35. The third kappa shape index (κ3) is 3.37. The van der Waals surface area contributed by atoms with Gasteiger partial charge in [0.05, 0.1) is 11.6 Å². The van der Waals surface area contributed by atoms with Crippen LogP contribution < -0.4 is 4.90 Å². The van der Waals surface area contributed by atoms with Gasteiger partial charge in [0.15, 0.2) is 0 Å². The van der Waals surface area contributed by atoms with E-state index in [4.69, 9.17) is 5.26 Å². The molecule has 0 radical (unpaired) electrons. The summed E-state index contributed by atoms with van der Waals surface area (Å²) in [4.78, 5) is 16.2. The highest BCUT2D eigenvalue weighted by atomic mass is 19.3. The van der Waals surface area contributed by atoms with E-state index in [9.17, 15) is 13.6 Å². The zero-order chi connectivity index (χ0) is 19.0. The lowest BCUT2D eigenvalue weighted by molar-refractivity contribution is -0.0494. The lowest BCUT2D eigenvalue weighted by Crippen LogP contribution is -2.42. The first-order valence-corrected chi connectivity index (χ1v) is 9.05. The van der Waals surface area contributed by atoms with E-state index < -0.39 is 5.92 Å². The molecule has 0 aliphatic carbocycles. The molecule has 1 saturated heterocycles. The second-order valence-corrected chi connectivity index (χ2v) is 7.05. The van der Waals surface area contributed by atoms with Crippen LogP contribution in [0.15, 0.2) is 42.5 Å². The molecule has 1 fully saturated rings. The third-order valence-electron chi connectivity index (χ3n) is 5.31. The monoisotopic (exact) mass is 367 g/mol. The zero-order valence-corrected chi connectivity index (χ0v) is 14.8. The molecule has 138 valence electrons. The predicted molar refractivity (Wildman–Crippen MR) is 98.4 cm³/mol. The minimum Gasteiger partial charge on any atom is -0.341 e.